The summed E-state index contributed by atoms with van der Waals surface area (Å²) in [5.74, 6) is -4.14. The van der Waals surface area contributed by atoms with Gasteiger partial charge in [0.1, 0.15) is 97.7 Å². The van der Waals surface area contributed by atoms with Gasteiger partial charge in [-0.1, -0.05) is 0 Å². The summed E-state index contributed by atoms with van der Waals surface area (Å²) in [7, 11) is -26.7. The Morgan fingerprint density at radius 3 is 0.922 bits per heavy atom. The smallest absolute Gasteiger partial charge is 0.397 e. The lowest BCUT2D eigenvalue weighted by Gasteiger charge is -2.51. The van der Waals surface area contributed by atoms with Crippen molar-refractivity contribution in [2.45, 2.75) is 154 Å². The Labute approximate surface area is 582 Å². The molecule has 0 aromatic carbocycles. The van der Waals surface area contributed by atoms with Crippen LogP contribution < -0.4 is 5.73 Å². The number of ether oxygens (including phenoxy) is 21. The number of hydrogen-bond acceptors (Lipinski definition) is 42. The van der Waals surface area contributed by atoms with E-state index < -0.39 is 248 Å². The zero-order valence-corrected chi connectivity index (χ0v) is 59.5. The van der Waals surface area contributed by atoms with Crippen LogP contribution in [-0.4, -0.2) is 383 Å². The van der Waals surface area contributed by atoms with Gasteiger partial charge in [-0.2, -0.15) is 50.5 Å². The van der Waals surface area contributed by atoms with Crippen LogP contribution in [0.2, 0.25) is 0 Å². The van der Waals surface area contributed by atoms with Gasteiger partial charge >= 0.3 is 74.3 Å². The summed E-state index contributed by atoms with van der Waals surface area (Å²) in [6, 6.07) is 0. The maximum absolute atomic E-state index is 13.4. The second-order valence-electron chi connectivity index (χ2n) is 21.3. The van der Waals surface area contributed by atoms with Crippen LogP contribution in [0.25, 0.3) is 0 Å². The minimum atomic E-state index is -6.17. The second kappa shape index (κ2) is 40.1. The average molecular weight is 1620 g/mol. The molecule has 0 radical (unpaired) electrons. The van der Waals surface area contributed by atoms with Crippen molar-refractivity contribution in [1.82, 2.24) is 0 Å². The van der Waals surface area contributed by atoms with Gasteiger partial charge in [0.05, 0.1) is 66.1 Å². The molecular formula is C46H81NO49S6. The van der Waals surface area contributed by atoms with Crippen LogP contribution in [0, 0.1) is 0 Å². The minimum absolute atomic E-state index is 0.0630. The lowest BCUT2D eigenvalue weighted by atomic mass is 9.94. The Kier molecular flexibility index (Phi) is 35.3. The van der Waals surface area contributed by atoms with E-state index in [2.05, 4.69) is 12.5 Å². The molecule has 0 aromatic rings. The van der Waals surface area contributed by atoms with Crippen molar-refractivity contribution in [3.8, 4) is 0 Å². The van der Waals surface area contributed by atoms with Crippen molar-refractivity contribution in [1.29, 1.82) is 0 Å². The third-order valence-electron chi connectivity index (χ3n) is 14.9. The van der Waals surface area contributed by atoms with E-state index in [4.69, 9.17) is 118 Å². The first kappa shape index (κ1) is 89.9. The molecule has 102 heavy (non-hydrogen) atoms. The zero-order chi connectivity index (χ0) is 76.5. The summed E-state index contributed by atoms with van der Waals surface area (Å²) >= 11 is 0. The molecule has 0 bridgehead atoms. The molecule has 0 amide bonds. The maximum Gasteiger partial charge on any atom is 0.397 e. The van der Waals surface area contributed by atoms with Crippen LogP contribution in [-0.2, 0) is 197 Å². The molecule has 5 rings (SSSR count). The first-order chi connectivity index (χ1) is 47.6. The third-order valence-corrected chi connectivity index (χ3v) is 17.6. The molecule has 600 valence electrons. The fourth-order valence-electron chi connectivity index (χ4n) is 11.0. The predicted molar refractivity (Wildman–Crippen MR) is 314 cm³/mol. The van der Waals surface area contributed by atoms with E-state index in [0.29, 0.717) is 13.2 Å². The topological polar surface area (TPSA) is 676 Å². The Morgan fingerprint density at radius 2 is 0.588 bits per heavy atom. The normalized spacial score (nSPS) is 35.5. The van der Waals surface area contributed by atoms with Crippen molar-refractivity contribution in [3.05, 3.63) is 0 Å². The number of carboxylic acid groups (broad SMARTS) is 2. The minimum Gasteiger partial charge on any atom is -0.479 e. The quantitative estimate of drug-likeness (QED) is 0.0202. The van der Waals surface area contributed by atoms with Crippen molar-refractivity contribution in [2.24, 2.45) is 5.73 Å². The van der Waals surface area contributed by atoms with Crippen LogP contribution >= 0.6 is 0 Å². The molecule has 5 aliphatic rings. The van der Waals surface area contributed by atoms with Gasteiger partial charge in [-0.3, -0.25) is 27.3 Å². The fourth-order valence-corrected chi connectivity index (χ4v) is 13.4. The number of carboxylic acids is 2. The molecule has 5 fully saturated rings. The molecule has 10 N–H and O–H groups in total. The zero-order valence-electron chi connectivity index (χ0n) is 54.6. The number of rotatable bonds is 45. The Morgan fingerprint density at radius 1 is 0.314 bits per heavy atom. The second-order valence-corrected chi connectivity index (χ2v) is 27.7. The summed E-state index contributed by atoms with van der Waals surface area (Å²) in [5, 5.41) is 21.6. The summed E-state index contributed by atoms with van der Waals surface area (Å²) in [4.78, 5) is 26.8. The highest BCUT2D eigenvalue weighted by Crippen LogP contribution is 2.41. The Hall–Kier alpha value is -2.72. The van der Waals surface area contributed by atoms with E-state index >= 15 is 0 Å². The van der Waals surface area contributed by atoms with Crippen molar-refractivity contribution in [3.63, 3.8) is 0 Å². The first-order valence-corrected chi connectivity index (χ1v) is 37.2. The molecule has 5 heterocycles. The van der Waals surface area contributed by atoms with E-state index in [1.165, 1.54) is 0 Å². The Balaban J connectivity index is 1.54. The lowest BCUT2D eigenvalue weighted by molar-refractivity contribution is -0.389. The van der Waals surface area contributed by atoms with Crippen molar-refractivity contribution >= 4 is 74.3 Å². The SMILES string of the molecule is CO[C@H]1O[C@H](COS(=O)(=O)O)[C@@H](O[C@@H]2O[C@H](C(=O)O)[C@@H](O[C@H]3O[C@H](COS(=O)(=O)O)[C@@H](O[C@@H]4O[C@H](C(=O)O)[C@@H](O[C@H]5O[C@H](COS(=O)(=O)O)[C@@H](OCCOCCOCCOCCN)[C@H](OC)[C@H]5OC)[C@H](OC)[C@H]4OC)[C@H](OS(=O)(=O)O)[C@H]3OS(=O)(=O)O)[C@H](OC)[C@H]2OC)[C@H](OC)[C@H]1OS(=O)(=O)O. The lowest BCUT2D eigenvalue weighted by Crippen LogP contribution is -2.70. The van der Waals surface area contributed by atoms with E-state index in [-0.39, 0.29) is 39.6 Å². The highest BCUT2D eigenvalue weighted by molar-refractivity contribution is 7.82. The summed E-state index contributed by atoms with van der Waals surface area (Å²) < 4.78 is 354. The van der Waals surface area contributed by atoms with Gasteiger partial charge in [-0.15, -0.1) is 0 Å². The molecule has 0 spiro atoms. The first-order valence-electron chi connectivity index (χ1n) is 29.1. The van der Waals surface area contributed by atoms with E-state index in [1.807, 2.05) is 0 Å². The Bertz CT molecular complexity index is 3300. The molecule has 0 unspecified atom stereocenters. The number of aliphatic carboxylic acids is 2. The van der Waals surface area contributed by atoms with Gasteiger partial charge in [-0.25, -0.2) is 34.7 Å². The highest BCUT2D eigenvalue weighted by atomic mass is 32.3. The monoisotopic (exact) mass is 1620 g/mol. The molecule has 0 saturated carbocycles. The van der Waals surface area contributed by atoms with E-state index in [0.717, 1.165) is 56.9 Å². The summed E-state index contributed by atoms with van der Waals surface area (Å²) in [6.07, 6.45) is -55.1. The van der Waals surface area contributed by atoms with Gasteiger partial charge < -0.3 is 115 Å². The van der Waals surface area contributed by atoms with Crippen LogP contribution in [0.4, 0.5) is 0 Å². The molecular weight excluding hydrogens is 1540 g/mol. The van der Waals surface area contributed by atoms with Gasteiger partial charge in [0.15, 0.2) is 55.9 Å². The number of nitrogens with two attached hydrogens (primary N) is 1. The van der Waals surface area contributed by atoms with Crippen LogP contribution in [0.15, 0.2) is 0 Å². The molecule has 0 aliphatic carbocycles. The standard InChI is InChI=1S/C46H81NO49S6/c1-70-26-23(81-16-15-80-14-13-79-12-11-78-10-9-47)20(17-82-97(52,53)54)86-43(35(26)74-5)90-30-28(72-3)37(76-7)45(93-33(30)40(48)49)89-25-22(19-84-99(58,59)60)87-46(39(96-102(67,68)69)32(25)94-100(61,62)63)91-31-29(73-4)36(75-6)44(92-34(31)41(50)51)88-24-21(18-83-98(55,56)57)85-42(77-8)38(27(24)71-2)95-101(64,65)66/h20-39,42-46H,9-19,47H2,1-8H3,(H,48,49)(H,50,51)(H,52,53,54)(H,55,56,57)(H,58,59,60)(H,61,62,63)(H,64,65,66)(H,67,68,69)/t20-,21-,22-,23-,24-,25-,26+,27+,28+,29+,30+,31+,32+,33+,34+,35-,36-,37-,38-,39-,42+,43-,44-,45-,46-/m1/s1. The van der Waals surface area contributed by atoms with Gasteiger partial charge in [0.25, 0.3) is 0 Å². The van der Waals surface area contributed by atoms with Crippen LogP contribution in [0.5, 0.6) is 0 Å². The van der Waals surface area contributed by atoms with Crippen molar-refractivity contribution in [2.75, 3.05) is 129 Å². The molecule has 50 nitrogen and oxygen atoms in total. The largest absolute Gasteiger partial charge is 0.479 e. The summed E-state index contributed by atoms with van der Waals surface area (Å²) in [6.45, 7) is -3.11. The van der Waals surface area contributed by atoms with Gasteiger partial charge in [-0.05, 0) is 0 Å². The predicted octanol–water partition coefficient (Wildman–Crippen LogP) is -7.51. The van der Waals surface area contributed by atoms with Crippen molar-refractivity contribution < 1.29 is 222 Å². The van der Waals surface area contributed by atoms with E-state index in [1.54, 1.807) is 0 Å². The fraction of sp³-hybridized carbons (Fsp3) is 0.957. The molecule has 5 saturated heterocycles. The number of carbonyl (C=O) groups is 2. The third kappa shape index (κ3) is 26.8. The number of hydrogen-bond donors (Lipinski definition) is 9. The average Bonchev–Trinajstić information content (AvgIpc) is 0.759. The van der Waals surface area contributed by atoms with E-state index in [9.17, 15) is 97.6 Å². The van der Waals surface area contributed by atoms with Crippen LogP contribution in [0.1, 0.15) is 0 Å². The number of methoxy groups -OCH3 is 8. The molecule has 25 atom stereocenters. The summed E-state index contributed by atoms with van der Waals surface area (Å²) in [5.41, 5.74) is 5.38. The van der Waals surface area contributed by atoms with Gasteiger partial charge in [0, 0.05) is 63.4 Å². The van der Waals surface area contributed by atoms with Gasteiger partial charge in [0.2, 0.25) is 0 Å². The van der Waals surface area contributed by atoms with Crippen LogP contribution in [0.3, 0.4) is 0 Å². The highest BCUT2D eigenvalue weighted by Gasteiger charge is 2.62. The molecule has 56 heteroatoms. The molecule has 0 aromatic heterocycles. The molecule has 5 aliphatic heterocycles. The maximum atomic E-state index is 13.4.